The van der Waals surface area contributed by atoms with Crippen molar-refractivity contribution in [1.82, 2.24) is 0 Å². The molecule has 9 heteroatoms. The maximum atomic E-state index is 12.6. The smallest absolute Gasteiger partial charge is 0.335 e. The normalized spacial score (nSPS) is 23.1. The van der Waals surface area contributed by atoms with E-state index < -0.39 is 20.0 Å². The molecule has 0 amide bonds. The van der Waals surface area contributed by atoms with Crippen LogP contribution in [0, 0.1) is 0 Å². The molecule has 3 fully saturated rings. The summed E-state index contributed by atoms with van der Waals surface area (Å²) in [4.78, 5) is 27.1. The van der Waals surface area contributed by atoms with Crippen LogP contribution in [0.4, 0.5) is 5.69 Å². The molecule has 1 aliphatic carbocycles. The van der Waals surface area contributed by atoms with Crippen molar-refractivity contribution in [2.45, 2.75) is 44.2 Å². The summed E-state index contributed by atoms with van der Waals surface area (Å²) in [6.45, 7) is 6.44. The predicted octanol–water partition coefficient (Wildman–Crippen LogP) is 3.54. The number of carbonyl (C=O) groups is 2. The van der Waals surface area contributed by atoms with Gasteiger partial charge in [-0.25, -0.2) is 9.37 Å². The summed E-state index contributed by atoms with van der Waals surface area (Å²) in [5.74, 6) is -2.40. The summed E-state index contributed by atoms with van der Waals surface area (Å²) in [6.07, 6.45) is 12.2. The molecule has 7 rings (SSSR count). The minimum absolute atomic E-state index is 0.00986. The Morgan fingerprint density at radius 1 is 0.844 bits per heavy atom. The summed E-state index contributed by atoms with van der Waals surface area (Å²) in [5, 5.41) is 25.2. The first-order valence-corrected chi connectivity index (χ1v) is 18.8. The summed E-state index contributed by atoms with van der Waals surface area (Å²) >= 11 is 0. The van der Waals surface area contributed by atoms with Gasteiger partial charge in [0.05, 0.1) is 24.7 Å². The SMILES string of the molecule is O=C(O)c1ccc(C(=O)[O-])c(C2=C3C=CC(=[N+]4CCCOCC4)C=C3[Si]3(CCCCC3)c3cc(N4CCCOCC4)ccc32)c1. The van der Waals surface area contributed by atoms with Crippen LogP contribution in [0.25, 0.3) is 5.57 Å². The quantitative estimate of drug-likeness (QED) is 0.410. The van der Waals surface area contributed by atoms with Gasteiger partial charge in [0.15, 0.2) is 12.3 Å². The largest absolute Gasteiger partial charge is 0.545 e. The second-order valence-corrected chi connectivity index (χ2v) is 17.0. The van der Waals surface area contributed by atoms with Gasteiger partial charge in [0, 0.05) is 49.5 Å². The van der Waals surface area contributed by atoms with Crippen LogP contribution in [0.2, 0.25) is 12.1 Å². The Morgan fingerprint density at radius 3 is 2.49 bits per heavy atom. The number of carbonyl (C=O) groups excluding carboxylic acids is 1. The van der Waals surface area contributed by atoms with Gasteiger partial charge in [0.2, 0.25) is 0 Å². The average Bonchev–Trinajstić information content (AvgIpc) is 3.51. The van der Waals surface area contributed by atoms with Crippen LogP contribution in [0.3, 0.4) is 0 Å². The van der Waals surface area contributed by atoms with E-state index in [1.807, 2.05) is 0 Å². The van der Waals surface area contributed by atoms with Gasteiger partial charge in [-0.2, -0.15) is 0 Å². The number of carboxylic acids is 2. The number of fused-ring (bicyclic) bond motifs is 4. The van der Waals surface area contributed by atoms with Crippen molar-refractivity contribution in [3.63, 3.8) is 0 Å². The van der Waals surface area contributed by atoms with Crippen LogP contribution in [0.15, 0.2) is 65.4 Å². The molecule has 0 unspecified atom stereocenters. The molecule has 5 aliphatic rings. The van der Waals surface area contributed by atoms with Crippen molar-refractivity contribution < 1.29 is 33.9 Å². The highest BCUT2D eigenvalue weighted by molar-refractivity contribution is 7.00. The van der Waals surface area contributed by atoms with Gasteiger partial charge >= 0.3 is 5.97 Å². The number of ether oxygens (including phenoxy) is 2. The Hall–Kier alpha value is -3.79. The molecule has 0 aromatic heterocycles. The Morgan fingerprint density at radius 2 is 1.67 bits per heavy atom. The lowest BCUT2D eigenvalue weighted by atomic mass is 9.86. The first kappa shape index (κ1) is 29.9. The van der Waals surface area contributed by atoms with Crippen molar-refractivity contribution in [2.75, 3.05) is 57.5 Å². The zero-order valence-electron chi connectivity index (χ0n) is 25.7. The summed E-state index contributed by atoms with van der Waals surface area (Å²) < 4.78 is 14.0. The van der Waals surface area contributed by atoms with E-state index in [-0.39, 0.29) is 11.1 Å². The molecule has 45 heavy (non-hydrogen) atoms. The number of allylic oxidation sites excluding steroid dienone is 5. The van der Waals surface area contributed by atoms with Gasteiger partial charge in [0.25, 0.3) is 0 Å². The zero-order valence-corrected chi connectivity index (χ0v) is 26.7. The molecule has 0 radical (unpaired) electrons. The monoisotopic (exact) mass is 624 g/mol. The lowest BCUT2D eigenvalue weighted by Gasteiger charge is -2.45. The minimum atomic E-state index is -2.30. The minimum Gasteiger partial charge on any atom is -0.545 e. The van der Waals surface area contributed by atoms with Crippen LogP contribution in [-0.2, 0) is 9.47 Å². The molecule has 0 atom stereocenters. The van der Waals surface area contributed by atoms with E-state index in [9.17, 15) is 19.8 Å². The number of aromatic carboxylic acids is 2. The molecule has 2 aromatic rings. The first-order valence-electron chi connectivity index (χ1n) is 16.4. The molecule has 4 heterocycles. The standard InChI is InChI=1S/C36H40N2O6Si/c39-35(40)25-6-9-28(36(41)42)31(22-25)34-29-10-7-26(37-12-4-16-43-18-14-37)23-32(29)45(20-2-1-3-21-45)33-24-27(8-11-30(33)34)38-13-5-17-44-19-15-38/h6-11,22-24H,1-5,12-21H2,(H-,39,40,41,42). The number of hydrogen-bond donors (Lipinski definition) is 1. The van der Waals surface area contributed by atoms with Crippen LogP contribution >= 0.6 is 0 Å². The van der Waals surface area contributed by atoms with Crippen LogP contribution < -0.4 is 15.2 Å². The fourth-order valence-corrected chi connectivity index (χ4v) is 13.7. The second-order valence-electron chi connectivity index (χ2n) is 12.7. The van der Waals surface area contributed by atoms with Crippen LogP contribution in [0.1, 0.15) is 63.9 Å². The third-order valence-corrected chi connectivity index (χ3v) is 15.5. The van der Waals surface area contributed by atoms with Crippen molar-refractivity contribution in [3.8, 4) is 0 Å². The van der Waals surface area contributed by atoms with Crippen molar-refractivity contribution in [3.05, 3.63) is 87.6 Å². The van der Waals surface area contributed by atoms with Gasteiger partial charge < -0.3 is 29.4 Å². The van der Waals surface area contributed by atoms with Crippen molar-refractivity contribution in [1.29, 1.82) is 0 Å². The first-order chi connectivity index (χ1) is 22.0. The van der Waals surface area contributed by atoms with Gasteiger partial charge in [-0.1, -0.05) is 31.4 Å². The predicted molar refractivity (Wildman–Crippen MR) is 174 cm³/mol. The Kier molecular flexibility index (Phi) is 8.33. The lowest BCUT2D eigenvalue weighted by Crippen LogP contribution is -2.55. The topological polar surface area (TPSA) is 102 Å². The molecular formula is C36H40N2O6Si. The van der Waals surface area contributed by atoms with E-state index in [0.717, 1.165) is 81.0 Å². The maximum Gasteiger partial charge on any atom is 0.335 e. The number of anilines is 1. The highest BCUT2D eigenvalue weighted by Crippen LogP contribution is 2.48. The molecule has 4 aliphatic heterocycles. The molecule has 3 saturated heterocycles. The van der Waals surface area contributed by atoms with E-state index in [1.54, 1.807) is 0 Å². The highest BCUT2D eigenvalue weighted by Gasteiger charge is 2.48. The van der Waals surface area contributed by atoms with E-state index in [1.165, 1.54) is 59.2 Å². The molecule has 1 spiro atoms. The number of hydrogen-bond acceptors (Lipinski definition) is 6. The molecule has 8 nitrogen and oxygen atoms in total. The van der Waals surface area contributed by atoms with Crippen molar-refractivity contribution in [2.24, 2.45) is 0 Å². The van der Waals surface area contributed by atoms with E-state index in [4.69, 9.17) is 9.47 Å². The number of benzene rings is 2. The molecule has 234 valence electrons. The third-order valence-electron chi connectivity index (χ3n) is 10.2. The van der Waals surface area contributed by atoms with Crippen molar-refractivity contribution >= 4 is 42.2 Å². The fraction of sp³-hybridized carbons (Fsp3) is 0.417. The Bertz CT molecular complexity index is 1650. The van der Waals surface area contributed by atoms with E-state index in [2.05, 4.69) is 45.9 Å². The average molecular weight is 625 g/mol. The van der Waals surface area contributed by atoms with E-state index >= 15 is 0 Å². The van der Waals surface area contributed by atoms with Crippen LogP contribution in [0.5, 0.6) is 0 Å². The third kappa shape index (κ3) is 5.51. The summed E-state index contributed by atoms with van der Waals surface area (Å²) in [7, 11) is -2.30. The van der Waals surface area contributed by atoms with Gasteiger partial charge in [0.1, 0.15) is 21.2 Å². The number of rotatable bonds is 4. The Labute approximate surface area is 265 Å². The molecule has 0 saturated carbocycles. The molecule has 1 N–H and O–H groups in total. The van der Waals surface area contributed by atoms with Gasteiger partial charge in [-0.3, -0.25) is 0 Å². The molecule has 2 aromatic carbocycles. The van der Waals surface area contributed by atoms with Gasteiger partial charge in [-0.05, 0) is 81.5 Å². The second kappa shape index (κ2) is 12.5. The van der Waals surface area contributed by atoms with Gasteiger partial charge in [-0.15, -0.1) is 0 Å². The maximum absolute atomic E-state index is 12.6. The number of carboxylic acid groups (broad SMARTS) is 2. The number of nitrogens with zero attached hydrogens (tertiary/aromatic N) is 2. The Balaban J connectivity index is 1.52. The van der Waals surface area contributed by atoms with Crippen LogP contribution in [-0.4, -0.2) is 88.0 Å². The summed E-state index contributed by atoms with van der Waals surface area (Å²) in [5.41, 5.74) is 5.70. The lowest BCUT2D eigenvalue weighted by molar-refractivity contribution is -0.523. The zero-order chi connectivity index (χ0) is 31.0. The molecular weight excluding hydrogens is 584 g/mol. The fourth-order valence-electron chi connectivity index (χ4n) is 8.03. The highest BCUT2D eigenvalue weighted by atomic mass is 28.3. The summed E-state index contributed by atoms with van der Waals surface area (Å²) in [6, 6.07) is 13.3. The molecule has 0 bridgehead atoms. The van der Waals surface area contributed by atoms with E-state index in [0.29, 0.717) is 18.8 Å².